The zero-order chi connectivity index (χ0) is 23.6. The molecule has 2 aromatic heterocycles. The zero-order valence-electron chi connectivity index (χ0n) is 17.9. The molecule has 0 bridgehead atoms. The Balaban J connectivity index is 1.63. The second-order valence-corrected chi connectivity index (χ2v) is 10.0. The number of pyridine rings is 1. The number of hydrazine groups is 1. The van der Waals surface area contributed by atoms with Gasteiger partial charge in [0, 0.05) is 5.39 Å². The third-order valence-electron chi connectivity index (χ3n) is 5.08. The second kappa shape index (κ2) is 8.87. The quantitative estimate of drug-likeness (QED) is 0.435. The number of hydrogen-bond acceptors (Lipinski definition) is 6. The van der Waals surface area contributed by atoms with Gasteiger partial charge in [-0.3, -0.25) is 20.4 Å². The molecule has 0 radical (unpaired) electrons. The van der Waals surface area contributed by atoms with Gasteiger partial charge in [-0.25, -0.2) is 13.4 Å². The topological polar surface area (TPSA) is 118 Å². The van der Waals surface area contributed by atoms with E-state index in [0.29, 0.717) is 22.4 Å². The number of carbonyl (C=O) groups is 2. The molecule has 0 atom stereocenters. The van der Waals surface area contributed by atoms with Crippen LogP contribution in [-0.2, 0) is 9.84 Å². The predicted octanol–water partition coefficient (Wildman–Crippen LogP) is 3.75. The van der Waals surface area contributed by atoms with Crippen LogP contribution in [0.15, 0.2) is 82.3 Å². The summed E-state index contributed by atoms with van der Waals surface area (Å²) in [6.07, 6.45) is 1.51. The van der Waals surface area contributed by atoms with Crippen molar-refractivity contribution < 1.29 is 22.4 Å². The summed E-state index contributed by atoms with van der Waals surface area (Å²) < 4.78 is 30.7. The fourth-order valence-electron chi connectivity index (χ4n) is 3.32. The summed E-state index contributed by atoms with van der Waals surface area (Å²) in [5.74, 6) is -0.835. The van der Waals surface area contributed by atoms with Crippen LogP contribution in [0.4, 0.5) is 0 Å². The zero-order valence-corrected chi connectivity index (χ0v) is 18.7. The lowest BCUT2D eigenvalue weighted by Gasteiger charge is -2.14. The van der Waals surface area contributed by atoms with Gasteiger partial charge >= 0.3 is 0 Å². The molecule has 0 aliphatic heterocycles. The van der Waals surface area contributed by atoms with Crippen LogP contribution in [0, 0.1) is 0 Å². The monoisotopic (exact) mass is 463 g/mol. The van der Waals surface area contributed by atoms with Gasteiger partial charge in [0.1, 0.15) is 5.69 Å². The first-order valence-electron chi connectivity index (χ1n) is 10.2. The number of benzene rings is 2. The average molecular weight is 464 g/mol. The Kier molecular flexibility index (Phi) is 5.97. The Morgan fingerprint density at radius 3 is 2.24 bits per heavy atom. The lowest BCUT2D eigenvalue weighted by Crippen LogP contribution is -2.42. The number of furan rings is 1. The summed E-state index contributed by atoms with van der Waals surface area (Å²) in [7, 11) is -3.70. The number of hydrogen-bond donors (Lipinski definition) is 2. The van der Waals surface area contributed by atoms with Gasteiger partial charge in [0.05, 0.1) is 33.1 Å². The number of amides is 2. The maximum Gasteiger partial charge on any atom is 0.271 e. The van der Waals surface area contributed by atoms with E-state index in [1.54, 1.807) is 54.6 Å². The molecule has 2 amide bonds. The molecule has 9 heteroatoms. The van der Waals surface area contributed by atoms with Crippen molar-refractivity contribution >= 4 is 32.6 Å². The molecule has 2 aromatic carbocycles. The first-order chi connectivity index (χ1) is 15.8. The molecule has 0 unspecified atom stereocenters. The molecule has 0 spiro atoms. The predicted molar refractivity (Wildman–Crippen MR) is 123 cm³/mol. The highest BCUT2D eigenvalue weighted by Crippen LogP contribution is 2.25. The van der Waals surface area contributed by atoms with Gasteiger partial charge in [-0.05, 0) is 50.2 Å². The SMILES string of the molecule is CC(C)S(=O)(=O)c1ccccc1C(=O)NNC(=O)c1cc(-c2ccco2)nc2ccccc12. The van der Waals surface area contributed by atoms with E-state index < -0.39 is 26.9 Å². The lowest BCUT2D eigenvalue weighted by atomic mass is 10.1. The average Bonchev–Trinajstić information content (AvgIpc) is 3.36. The first-order valence-corrected chi connectivity index (χ1v) is 11.7. The van der Waals surface area contributed by atoms with Crippen LogP contribution in [0.2, 0.25) is 0 Å². The molecule has 0 fully saturated rings. The van der Waals surface area contributed by atoms with Gasteiger partial charge in [0.15, 0.2) is 15.6 Å². The Hall–Kier alpha value is -3.98. The van der Waals surface area contributed by atoms with Crippen LogP contribution in [0.25, 0.3) is 22.4 Å². The maximum absolute atomic E-state index is 13.0. The third kappa shape index (κ3) is 4.35. The minimum Gasteiger partial charge on any atom is -0.463 e. The van der Waals surface area contributed by atoms with E-state index >= 15 is 0 Å². The van der Waals surface area contributed by atoms with Crippen molar-refractivity contribution in [2.75, 3.05) is 0 Å². The fraction of sp³-hybridized carbons (Fsp3) is 0.125. The van der Waals surface area contributed by atoms with E-state index in [4.69, 9.17) is 4.42 Å². The molecule has 2 heterocycles. The van der Waals surface area contributed by atoms with Gasteiger partial charge in [0.2, 0.25) is 0 Å². The largest absolute Gasteiger partial charge is 0.463 e. The molecule has 0 aliphatic carbocycles. The van der Waals surface area contributed by atoms with Crippen LogP contribution in [0.3, 0.4) is 0 Å². The number of para-hydroxylation sites is 1. The van der Waals surface area contributed by atoms with E-state index in [0.717, 1.165) is 0 Å². The molecule has 33 heavy (non-hydrogen) atoms. The fourth-order valence-corrected chi connectivity index (χ4v) is 4.56. The molecule has 168 valence electrons. The highest BCUT2D eigenvalue weighted by atomic mass is 32.2. The molecular formula is C24H21N3O5S. The van der Waals surface area contributed by atoms with Crippen molar-refractivity contribution in [1.29, 1.82) is 0 Å². The molecule has 0 saturated heterocycles. The van der Waals surface area contributed by atoms with E-state index in [9.17, 15) is 18.0 Å². The summed E-state index contributed by atoms with van der Waals surface area (Å²) in [6, 6.07) is 18.0. The van der Waals surface area contributed by atoms with Crippen LogP contribution in [-0.4, -0.2) is 30.5 Å². The van der Waals surface area contributed by atoms with Crippen molar-refractivity contribution in [2.45, 2.75) is 24.0 Å². The Labute approximate surface area is 190 Å². The molecule has 8 nitrogen and oxygen atoms in total. The molecule has 0 saturated carbocycles. The summed E-state index contributed by atoms with van der Waals surface area (Å²) >= 11 is 0. The number of carbonyl (C=O) groups excluding carboxylic acids is 2. The number of rotatable bonds is 5. The van der Waals surface area contributed by atoms with Gasteiger partial charge < -0.3 is 4.42 Å². The van der Waals surface area contributed by atoms with Crippen molar-refractivity contribution in [3.63, 3.8) is 0 Å². The van der Waals surface area contributed by atoms with E-state index in [1.165, 1.54) is 32.2 Å². The Morgan fingerprint density at radius 1 is 0.879 bits per heavy atom. The number of nitrogens with one attached hydrogen (secondary N) is 2. The van der Waals surface area contributed by atoms with E-state index in [1.807, 2.05) is 0 Å². The lowest BCUT2D eigenvalue weighted by molar-refractivity contribution is 0.0846. The first kappa shape index (κ1) is 22.2. The smallest absolute Gasteiger partial charge is 0.271 e. The van der Waals surface area contributed by atoms with Crippen molar-refractivity contribution in [3.8, 4) is 11.5 Å². The number of fused-ring (bicyclic) bond motifs is 1. The van der Waals surface area contributed by atoms with Gasteiger partial charge in [-0.1, -0.05) is 30.3 Å². The van der Waals surface area contributed by atoms with Gasteiger partial charge in [-0.15, -0.1) is 0 Å². The Morgan fingerprint density at radius 2 is 1.55 bits per heavy atom. The number of sulfone groups is 1. The third-order valence-corrected chi connectivity index (χ3v) is 7.29. The molecule has 4 rings (SSSR count). The van der Waals surface area contributed by atoms with Crippen LogP contribution in [0.5, 0.6) is 0 Å². The standard InChI is InChI=1S/C24H21N3O5S/c1-15(2)33(30,31)22-12-6-4-9-17(22)23(28)26-27-24(29)18-14-20(21-11-7-13-32-21)25-19-10-5-3-8-16(18)19/h3-15H,1-2H3,(H,26,28)(H,27,29). The van der Waals surface area contributed by atoms with Crippen LogP contribution < -0.4 is 10.9 Å². The van der Waals surface area contributed by atoms with Crippen molar-refractivity contribution in [3.05, 3.63) is 84.1 Å². The molecule has 4 aromatic rings. The number of aromatic nitrogens is 1. The molecular weight excluding hydrogens is 442 g/mol. The highest BCUT2D eigenvalue weighted by Gasteiger charge is 2.25. The van der Waals surface area contributed by atoms with Gasteiger partial charge in [0.25, 0.3) is 11.8 Å². The minimum atomic E-state index is -3.70. The molecule has 2 N–H and O–H groups in total. The second-order valence-electron chi connectivity index (χ2n) is 7.55. The minimum absolute atomic E-state index is 0.0534. The normalized spacial score (nSPS) is 11.5. The Bertz CT molecular complexity index is 1440. The van der Waals surface area contributed by atoms with Crippen LogP contribution in [0.1, 0.15) is 34.6 Å². The summed E-state index contributed by atoms with van der Waals surface area (Å²) in [5, 5.41) is -0.119. The van der Waals surface area contributed by atoms with Crippen LogP contribution >= 0.6 is 0 Å². The number of nitrogens with zero attached hydrogens (tertiary/aromatic N) is 1. The summed E-state index contributed by atoms with van der Waals surface area (Å²) in [5.41, 5.74) is 5.96. The van der Waals surface area contributed by atoms with Gasteiger partial charge in [-0.2, -0.15) is 0 Å². The van der Waals surface area contributed by atoms with Crippen molar-refractivity contribution in [1.82, 2.24) is 15.8 Å². The summed E-state index contributed by atoms with van der Waals surface area (Å²) in [6.45, 7) is 3.08. The molecule has 0 aliphatic rings. The highest BCUT2D eigenvalue weighted by molar-refractivity contribution is 7.92. The maximum atomic E-state index is 13.0. The van der Waals surface area contributed by atoms with E-state index in [2.05, 4.69) is 15.8 Å². The van der Waals surface area contributed by atoms with Crippen molar-refractivity contribution in [2.24, 2.45) is 0 Å². The van der Waals surface area contributed by atoms with E-state index in [-0.39, 0.29) is 16.0 Å². The summed E-state index contributed by atoms with van der Waals surface area (Å²) in [4.78, 5) is 30.2.